The lowest BCUT2D eigenvalue weighted by molar-refractivity contribution is -0.135. The predicted molar refractivity (Wildman–Crippen MR) is 76.1 cm³/mol. The summed E-state index contributed by atoms with van der Waals surface area (Å²) in [5, 5.41) is 3.28. The number of carbonyl (C=O) groups is 2. The first-order valence-corrected chi connectivity index (χ1v) is 7.07. The van der Waals surface area contributed by atoms with Gasteiger partial charge in [0.25, 0.3) is 0 Å². The maximum atomic E-state index is 12.5. The third kappa shape index (κ3) is 2.35. The molecular weight excluding hydrogens is 254 g/mol. The van der Waals surface area contributed by atoms with E-state index in [1.165, 1.54) is 5.56 Å². The molecule has 2 aliphatic rings. The van der Waals surface area contributed by atoms with Gasteiger partial charge in [0.15, 0.2) is 0 Å². The Kier molecular flexibility index (Phi) is 3.34. The second-order valence-corrected chi connectivity index (χ2v) is 5.56. The van der Waals surface area contributed by atoms with Gasteiger partial charge in [-0.05, 0) is 24.5 Å². The van der Waals surface area contributed by atoms with E-state index in [-0.39, 0.29) is 23.8 Å². The van der Waals surface area contributed by atoms with Gasteiger partial charge in [-0.2, -0.15) is 0 Å². The van der Waals surface area contributed by atoms with Crippen LogP contribution in [-0.4, -0.2) is 35.8 Å². The average Bonchev–Trinajstić information content (AvgIpc) is 2.90. The number of nitrogens with one attached hydrogen (secondary N) is 1. The maximum Gasteiger partial charge on any atom is 0.245 e. The van der Waals surface area contributed by atoms with Gasteiger partial charge in [0, 0.05) is 31.1 Å². The fourth-order valence-corrected chi connectivity index (χ4v) is 3.05. The predicted octanol–water partition coefficient (Wildman–Crippen LogP) is 0.747. The third-order valence-electron chi connectivity index (χ3n) is 4.28. The van der Waals surface area contributed by atoms with Gasteiger partial charge in [0.1, 0.15) is 6.04 Å². The van der Waals surface area contributed by atoms with E-state index in [0.717, 1.165) is 12.1 Å². The van der Waals surface area contributed by atoms with Crippen LogP contribution in [-0.2, 0) is 16.0 Å². The zero-order chi connectivity index (χ0) is 14.1. The molecule has 20 heavy (non-hydrogen) atoms. The van der Waals surface area contributed by atoms with Crippen molar-refractivity contribution in [3.63, 3.8) is 0 Å². The number of fused-ring (bicyclic) bond motifs is 1. The molecule has 3 N–H and O–H groups in total. The first-order valence-electron chi connectivity index (χ1n) is 7.07. The number of amides is 2. The minimum absolute atomic E-state index is 0.0761. The molecule has 2 heterocycles. The Morgan fingerprint density at radius 1 is 1.20 bits per heavy atom. The lowest BCUT2D eigenvalue weighted by Gasteiger charge is -2.32. The van der Waals surface area contributed by atoms with Gasteiger partial charge in [0.2, 0.25) is 11.8 Å². The van der Waals surface area contributed by atoms with Gasteiger partial charge in [-0.25, -0.2) is 0 Å². The molecule has 1 unspecified atom stereocenters. The fourth-order valence-electron chi connectivity index (χ4n) is 3.05. The van der Waals surface area contributed by atoms with Crippen LogP contribution in [0.2, 0.25) is 0 Å². The van der Waals surface area contributed by atoms with Crippen molar-refractivity contribution in [2.75, 3.05) is 18.4 Å². The van der Waals surface area contributed by atoms with E-state index in [9.17, 15) is 9.59 Å². The second-order valence-electron chi connectivity index (χ2n) is 5.56. The Hall–Kier alpha value is -2.04. The summed E-state index contributed by atoms with van der Waals surface area (Å²) in [5.41, 5.74) is 7.56. The average molecular weight is 273 g/mol. The number of anilines is 1. The van der Waals surface area contributed by atoms with Gasteiger partial charge in [0.05, 0.1) is 0 Å². The van der Waals surface area contributed by atoms with Crippen molar-refractivity contribution in [1.82, 2.24) is 4.90 Å². The molecule has 2 amide bonds. The number of carbonyl (C=O) groups excluding carboxylic acids is 2. The number of hydrogen-bond donors (Lipinski definition) is 2. The first-order chi connectivity index (χ1) is 9.65. The summed E-state index contributed by atoms with van der Waals surface area (Å²) >= 11 is 0. The zero-order valence-corrected chi connectivity index (χ0v) is 11.3. The van der Waals surface area contributed by atoms with Crippen molar-refractivity contribution in [2.45, 2.75) is 25.3 Å². The lowest BCUT2D eigenvalue weighted by Crippen LogP contribution is -2.47. The maximum absolute atomic E-state index is 12.5. The zero-order valence-electron chi connectivity index (χ0n) is 11.3. The molecule has 0 aliphatic carbocycles. The van der Waals surface area contributed by atoms with Crippen molar-refractivity contribution >= 4 is 17.5 Å². The van der Waals surface area contributed by atoms with E-state index < -0.39 is 0 Å². The van der Waals surface area contributed by atoms with E-state index in [1.807, 2.05) is 23.1 Å². The molecule has 5 nitrogen and oxygen atoms in total. The van der Waals surface area contributed by atoms with Crippen molar-refractivity contribution in [3.05, 3.63) is 29.8 Å². The van der Waals surface area contributed by atoms with Crippen molar-refractivity contribution in [2.24, 2.45) is 11.7 Å². The summed E-state index contributed by atoms with van der Waals surface area (Å²) in [6.45, 7) is 1.25. The van der Waals surface area contributed by atoms with E-state index >= 15 is 0 Å². The highest BCUT2D eigenvalue weighted by atomic mass is 16.2. The Bertz CT molecular complexity index is 511. The summed E-state index contributed by atoms with van der Waals surface area (Å²) < 4.78 is 0. The molecule has 1 atom stereocenters. The normalized spacial score (nSPS) is 22.2. The van der Waals surface area contributed by atoms with Crippen LogP contribution in [0.5, 0.6) is 0 Å². The van der Waals surface area contributed by atoms with Crippen molar-refractivity contribution < 1.29 is 9.59 Å². The van der Waals surface area contributed by atoms with Gasteiger partial charge < -0.3 is 16.0 Å². The highest BCUT2D eigenvalue weighted by molar-refractivity contribution is 5.87. The molecule has 1 saturated heterocycles. The SMILES string of the molecule is NC(=O)C1CCN(C(=O)C2Cc3ccccc3N2)CC1. The molecule has 3 rings (SSSR count). The van der Waals surface area contributed by atoms with Crippen LogP contribution in [0.4, 0.5) is 5.69 Å². The van der Waals surface area contributed by atoms with Crippen LogP contribution < -0.4 is 11.1 Å². The summed E-state index contributed by atoms with van der Waals surface area (Å²) in [6, 6.07) is 7.84. The summed E-state index contributed by atoms with van der Waals surface area (Å²) in [6.07, 6.45) is 2.10. The number of hydrogen-bond acceptors (Lipinski definition) is 3. The third-order valence-corrected chi connectivity index (χ3v) is 4.28. The number of para-hydroxylation sites is 1. The summed E-state index contributed by atoms with van der Waals surface area (Å²) in [7, 11) is 0. The molecule has 0 aromatic heterocycles. The largest absolute Gasteiger partial charge is 0.373 e. The van der Waals surface area contributed by atoms with Crippen LogP contribution in [0.1, 0.15) is 18.4 Å². The van der Waals surface area contributed by atoms with E-state index in [0.29, 0.717) is 25.9 Å². The van der Waals surface area contributed by atoms with E-state index in [2.05, 4.69) is 11.4 Å². The van der Waals surface area contributed by atoms with Gasteiger partial charge >= 0.3 is 0 Å². The molecule has 0 radical (unpaired) electrons. The number of nitrogens with zero attached hydrogens (tertiary/aromatic N) is 1. The van der Waals surface area contributed by atoms with Crippen LogP contribution in [0.3, 0.4) is 0 Å². The number of rotatable bonds is 2. The molecular formula is C15H19N3O2. The molecule has 2 aliphatic heterocycles. The minimum atomic E-state index is -0.247. The Labute approximate surface area is 118 Å². The highest BCUT2D eigenvalue weighted by Crippen LogP contribution is 2.27. The quantitative estimate of drug-likeness (QED) is 0.835. The minimum Gasteiger partial charge on any atom is -0.373 e. The number of benzene rings is 1. The molecule has 106 valence electrons. The lowest BCUT2D eigenvalue weighted by atomic mass is 9.95. The molecule has 1 aromatic rings. The number of likely N-dealkylation sites (tertiary alicyclic amines) is 1. The molecule has 5 heteroatoms. The van der Waals surface area contributed by atoms with Crippen LogP contribution >= 0.6 is 0 Å². The van der Waals surface area contributed by atoms with Crippen LogP contribution in [0.15, 0.2) is 24.3 Å². The summed E-state index contributed by atoms with van der Waals surface area (Å²) in [4.78, 5) is 25.5. The van der Waals surface area contributed by atoms with Gasteiger partial charge in [-0.3, -0.25) is 9.59 Å². The standard InChI is InChI=1S/C15H19N3O2/c16-14(19)10-5-7-18(8-6-10)15(20)13-9-11-3-1-2-4-12(11)17-13/h1-4,10,13,17H,5-9H2,(H2,16,19). The van der Waals surface area contributed by atoms with Crippen LogP contribution in [0, 0.1) is 5.92 Å². The molecule has 0 spiro atoms. The fraction of sp³-hybridized carbons (Fsp3) is 0.467. The number of primary amides is 1. The van der Waals surface area contributed by atoms with Crippen molar-refractivity contribution in [1.29, 1.82) is 0 Å². The van der Waals surface area contributed by atoms with Gasteiger partial charge in [-0.1, -0.05) is 18.2 Å². The van der Waals surface area contributed by atoms with Gasteiger partial charge in [-0.15, -0.1) is 0 Å². The molecule has 0 bridgehead atoms. The van der Waals surface area contributed by atoms with Crippen LogP contribution in [0.25, 0.3) is 0 Å². The monoisotopic (exact) mass is 273 g/mol. The van der Waals surface area contributed by atoms with Crippen molar-refractivity contribution in [3.8, 4) is 0 Å². The second kappa shape index (κ2) is 5.15. The topological polar surface area (TPSA) is 75.4 Å². The smallest absolute Gasteiger partial charge is 0.245 e. The summed E-state index contributed by atoms with van der Waals surface area (Å²) in [5.74, 6) is -0.194. The first kappa shape index (κ1) is 13.0. The molecule has 0 saturated carbocycles. The van der Waals surface area contributed by atoms with E-state index in [1.54, 1.807) is 0 Å². The highest BCUT2D eigenvalue weighted by Gasteiger charge is 2.32. The van der Waals surface area contributed by atoms with E-state index in [4.69, 9.17) is 5.73 Å². The number of nitrogens with two attached hydrogens (primary N) is 1. The molecule has 1 aromatic carbocycles. The molecule has 1 fully saturated rings. The Morgan fingerprint density at radius 2 is 1.90 bits per heavy atom. The Morgan fingerprint density at radius 3 is 2.55 bits per heavy atom. The Balaban J connectivity index is 1.60. The number of piperidine rings is 1.